The van der Waals surface area contributed by atoms with Gasteiger partial charge in [0, 0.05) is 13.5 Å². The van der Waals surface area contributed by atoms with E-state index in [0.717, 1.165) is 17.0 Å². The van der Waals surface area contributed by atoms with E-state index in [1.54, 1.807) is 11.9 Å². The topological polar surface area (TPSA) is 55.6 Å². The maximum absolute atomic E-state index is 11.9. The number of ether oxygens (including phenoxy) is 1. The number of carbonyl (C=O) groups is 1. The van der Waals surface area contributed by atoms with Gasteiger partial charge in [-0.25, -0.2) is 0 Å². The lowest BCUT2D eigenvalue weighted by Crippen LogP contribution is -2.44. The minimum atomic E-state index is -0.440. The van der Waals surface area contributed by atoms with Crippen molar-refractivity contribution in [2.24, 2.45) is 5.73 Å². The summed E-state index contributed by atoms with van der Waals surface area (Å²) in [6, 6.07) is 5.82. The number of hydrogen-bond donors (Lipinski definition) is 1. The van der Waals surface area contributed by atoms with E-state index in [1.807, 2.05) is 25.1 Å². The molecule has 1 aliphatic rings. The summed E-state index contributed by atoms with van der Waals surface area (Å²) >= 11 is 0. The molecule has 0 radical (unpaired) electrons. The normalized spacial score (nSPS) is 19.3. The summed E-state index contributed by atoms with van der Waals surface area (Å²) in [6.07, 6.45) is 0.112. The monoisotopic (exact) mass is 220 g/mol. The third-order valence-electron chi connectivity index (χ3n) is 2.78. The van der Waals surface area contributed by atoms with E-state index >= 15 is 0 Å². The first-order valence-electron chi connectivity index (χ1n) is 5.38. The smallest absolute Gasteiger partial charge is 0.267 e. The highest BCUT2D eigenvalue weighted by Crippen LogP contribution is 2.34. The van der Waals surface area contributed by atoms with Crippen LogP contribution in [0.5, 0.6) is 5.75 Å². The van der Waals surface area contributed by atoms with Crippen LogP contribution in [-0.2, 0) is 4.79 Å². The van der Waals surface area contributed by atoms with Gasteiger partial charge in [-0.1, -0.05) is 6.07 Å². The number of anilines is 1. The Kier molecular flexibility index (Phi) is 2.83. The van der Waals surface area contributed by atoms with Crippen molar-refractivity contribution in [1.82, 2.24) is 0 Å². The fraction of sp³-hybridized carbons (Fsp3) is 0.417. The molecule has 0 spiro atoms. The zero-order valence-electron chi connectivity index (χ0n) is 9.56. The molecule has 0 saturated heterocycles. The van der Waals surface area contributed by atoms with E-state index in [1.165, 1.54) is 0 Å². The van der Waals surface area contributed by atoms with Crippen molar-refractivity contribution in [3.8, 4) is 5.75 Å². The lowest BCUT2D eigenvalue weighted by atomic mass is 10.1. The Bertz CT molecular complexity index is 417. The van der Waals surface area contributed by atoms with Crippen LogP contribution in [-0.4, -0.2) is 25.6 Å². The molecule has 86 valence electrons. The van der Waals surface area contributed by atoms with Crippen LogP contribution in [0, 0.1) is 6.92 Å². The standard InChI is InChI=1S/C12H16N2O2/c1-8-3-4-10-9(7-8)14(2)12(15)11(16-10)5-6-13/h3-4,7,11H,5-6,13H2,1-2H3. The van der Waals surface area contributed by atoms with E-state index in [9.17, 15) is 4.79 Å². The summed E-state index contributed by atoms with van der Waals surface area (Å²) in [5.41, 5.74) is 7.40. The fourth-order valence-corrected chi connectivity index (χ4v) is 1.86. The predicted molar refractivity (Wildman–Crippen MR) is 62.7 cm³/mol. The van der Waals surface area contributed by atoms with Crippen LogP contribution in [0.15, 0.2) is 18.2 Å². The molecule has 4 heteroatoms. The number of aryl methyl sites for hydroxylation is 1. The number of rotatable bonds is 2. The first-order chi connectivity index (χ1) is 7.63. The lowest BCUT2D eigenvalue weighted by molar-refractivity contribution is -0.126. The van der Waals surface area contributed by atoms with Crippen LogP contribution in [0.25, 0.3) is 0 Å². The number of amides is 1. The predicted octanol–water partition coefficient (Wildman–Crippen LogP) is 1.07. The summed E-state index contributed by atoms with van der Waals surface area (Å²) < 4.78 is 5.64. The van der Waals surface area contributed by atoms with Crippen molar-refractivity contribution in [2.75, 3.05) is 18.5 Å². The van der Waals surface area contributed by atoms with Crippen molar-refractivity contribution in [3.05, 3.63) is 23.8 Å². The molecule has 2 rings (SSSR count). The van der Waals surface area contributed by atoms with Gasteiger partial charge in [0.2, 0.25) is 0 Å². The van der Waals surface area contributed by atoms with E-state index < -0.39 is 6.10 Å². The first kappa shape index (κ1) is 11.0. The Morgan fingerprint density at radius 2 is 2.25 bits per heavy atom. The SMILES string of the molecule is Cc1ccc2c(c1)N(C)C(=O)C(CCN)O2. The zero-order chi connectivity index (χ0) is 11.7. The molecule has 0 aromatic heterocycles. The molecule has 0 saturated carbocycles. The van der Waals surface area contributed by atoms with E-state index in [4.69, 9.17) is 10.5 Å². The quantitative estimate of drug-likeness (QED) is 0.811. The van der Waals surface area contributed by atoms with Gasteiger partial charge in [-0.2, -0.15) is 0 Å². The van der Waals surface area contributed by atoms with Crippen LogP contribution in [0.2, 0.25) is 0 Å². The summed E-state index contributed by atoms with van der Waals surface area (Å²) in [7, 11) is 1.77. The van der Waals surface area contributed by atoms with Gasteiger partial charge in [0.15, 0.2) is 6.10 Å². The van der Waals surface area contributed by atoms with Gasteiger partial charge < -0.3 is 15.4 Å². The van der Waals surface area contributed by atoms with Crippen LogP contribution < -0.4 is 15.4 Å². The molecule has 1 aliphatic heterocycles. The second-order valence-corrected chi connectivity index (χ2v) is 4.05. The summed E-state index contributed by atoms with van der Waals surface area (Å²) in [6.45, 7) is 2.44. The molecule has 16 heavy (non-hydrogen) atoms. The molecule has 1 aromatic rings. The summed E-state index contributed by atoms with van der Waals surface area (Å²) in [5.74, 6) is 0.731. The molecule has 2 N–H and O–H groups in total. The van der Waals surface area contributed by atoms with E-state index in [2.05, 4.69) is 0 Å². The number of nitrogens with two attached hydrogens (primary N) is 1. The Balaban J connectivity index is 2.36. The number of likely N-dealkylation sites (N-methyl/N-ethyl adjacent to an activating group) is 1. The van der Waals surface area contributed by atoms with Gasteiger partial charge in [0.25, 0.3) is 5.91 Å². The van der Waals surface area contributed by atoms with Crippen LogP contribution in [0.4, 0.5) is 5.69 Å². The molecular weight excluding hydrogens is 204 g/mol. The largest absolute Gasteiger partial charge is 0.478 e. The number of nitrogens with zero attached hydrogens (tertiary/aromatic N) is 1. The highest BCUT2D eigenvalue weighted by molar-refractivity contribution is 5.99. The van der Waals surface area contributed by atoms with Crippen molar-refractivity contribution >= 4 is 11.6 Å². The van der Waals surface area contributed by atoms with Gasteiger partial charge in [0.05, 0.1) is 5.69 Å². The van der Waals surface area contributed by atoms with Crippen LogP contribution in [0.1, 0.15) is 12.0 Å². The first-order valence-corrected chi connectivity index (χ1v) is 5.38. The second-order valence-electron chi connectivity index (χ2n) is 4.05. The van der Waals surface area contributed by atoms with E-state index in [0.29, 0.717) is 13.0 Å². The average molecular weight is 220 g/mol. The average Bonchev–Trinajstić information content (AvgIpc) is 2.27. The van der Waals surface area contributed by atoms with Crippen molar-refractivity contribution in [1.29, 1.82) is 0 Å². The van der Waals surface area contributed by atoms with Gasteiger partial charge in [-0.3, -0.25) is 4.79 Å². The lowest BCUT2D eigenvalue weighted by Gasteiger charge is -2.32. The van der Waals surface area contributed by atoms with Crippen LogP contribution in [0.3, 0.4) is 0 Å². The molecule has 4 nitrogen and oxygen atoms in total. The Morgan fingerprint density at radius 3 is 2.94 bits per heavy atom. The van der Waals surface area contributed by atoms with E-state index in [-0.39, 0.29) is 5.91 Å². The van der Waals surface area contributed by atoms with Crippen molar-refractivity contribution < 1.29 is 9.53 Å². The van der Waals surface area contributed by atoms with Gasteiger partial charge >= 0.3 is 0 Å². The summed E-state index contributed by atoms with van der Waals surface area (Å²) in [5, 5.41) is 0. The number of carbonyl (C=O) groups excluding carboxylic acids is 1. The minimum Gasteiger partial charge on any atom is -0.478 e. The Hall–Kier alpha value is -1.55. The Morgan fingerprint density at radius 1 is 1.50 bits per heavy atom. The minimum absolute atomic E-state index is 0.0245. The van der Waals surface area contributed by atoms with Crippen molar-refractivity contribution in [3.63, 3.8) is 0 Å². The molecule has 1 atom stereocenters. The molecule has 0 aliphatic carbocycles. The third-order valence-corrected chi connectivity index (χ3v) is 2.78. The van der Waals surface area contributed by atoms with Gasteiger partial charge in [-0.15, -0.1) is 0 Å². The summed E-state index contributed by atoms with van der Waals surface area (Å²) in [4.78, 5) is 13.6. The van der Waals surface area contributed by atoms with Gasteiger partial charge in [0.1, 0.15) is 5.75 Å². The molecule has 0 bridgehead atoms. The van der Waals surface area contributed by atoms with Crippen molar-refractivity contribution in [2.45, 2.75) is 19.4 Å². The number of hydrogen-bond acceptors (Lipinski definition) is 3. The Labute approximate surface area is 95.0 Å². The molecule has 1 amide bonds. The maximum Gasteiger partial charge on any atom is 0.267 e. The second kappa shape index (κ2) is 4.14. The highest BCUT2D eigenvalue weighted by Gasteiger charge is 2.31. The molecule has 1 unspecified atom stereocenters. The molecule has 1 aromatic carbocycles. The van der Waals surface area contributed by atoms with Gasteiger partial charge in [-0.05, 0) is 31.2 Å². The number of benzene rings is 1. The molecule has 1 heterocycles. The number of fused-ring (bicyclic) bond motifs is 1. The fourth-order valence-electron chi connectivity index (χ4n) is 1.86. The van der Waals surface area contributed by atoms with Crippen LogP contribution >= 0.6 is 0 Å². The zero-order valence-corrected chi connectivity index (χ0v) is 9.56. The highest BCUT2D eigenvalue weighted by atomic mass is 16.5. The molecular formula is C12H16N2O2. The molecule has 0 fully saturated rings. The maximum atomic E-state index is 11.9. The third kappa shape index (κ3) is 1.76.